The SMILES string of the molecule is CN[C@@H](C)Cc1ccccc1.O.O. The predicted octanol–water partition coefficient (Wildman–Crippen LogP) is 0.188. The summed E-state index contributed by atoms with van der Waals surface area (Å²) in [6.07, 6.45) is 1.11. The van der Waals surface area contributed by atoms with Crippen molar-refractivity contribution in [3.63, 3.8) is 0 Å². The van der Waals surface area contributed by atoms with Crippen LogP contribution in [0, 0.1) is 0 Å². The van der Waals surface area contributed by atoms with Crippen molar-refractivity contribution < 1.29 is 11.0 Å². The van der Waals surface area contributed by atoms with Crippen molar-refractivity contribution in [3.05, 3.63) is 35.9 Å². The van der Waals surface area contributed by atoms with Crippen molar-refractivity contribution in [2.45, 2.75) is 19.4 Å². The second-order valence-electron chi connectivity index (χ2n) is 2.88. The third-order valence-corrected chi connectivity index (χ3v) is 1.88. The summed E-state index contributed by atoms with van der Waals surface area (Å²) in [4.78, 5) is 0. The van der Waals surface area contributed by atoms with Crippen LogP contribution in [0.2, 0.25) is 0 Å². The van der Waals surface area contributed by atoms with Crippen molar-refractivity contribution >= 4 is 0 Å². The molecule has 0 aliphatic carbocycles. The molecule has 0 heterocycles. The number of rotatable bonds is 3. The van der Waals surface area contributed by atoms with Gasteiger partial charge in [0.25, 0.3) is 0 Å². The average Bonchev–Trinajstić information content (AvgIpc) is 2.06. The van der Waals surface area contributed by atoms with Crippen LogP contribution in [0.25, 0.3) is 0 Å². The Balaban J connectivity index is 0. The van der Waals surface area contributed by atoms with Crippen LogP contribution >= 0.6 is 0 Å². The largest absolute Gasteiger partial charge is 0.412 e. The molecule has 0 saturated heterocycles. The molecule has 1 aromatic rings. The number of hydrogen-bond donors (Lipinski definition) is 1. The molecule has 3 heteroatoms. The molecule has 0 aromatic heterocycles. The second kappa shape index (κ2) is 7.73. The van der Waals surface area contributed by atoms with Gasteiger partial charge in [-0.3, -0.25) is 0 Å². The topological polar surface area (TPSA) is 75.0 Å². The third-order valence-electron chi connectivity index (χ3n) is 1.88. The van der Waals surface area contributed by atoms with Crippen LogP contribution in [0.4, 0.5) is 0 Å². The molecule has 0 unspecified atom stereocenters. The van der Waals surface area contributed by atoms with Crippen molar-refractivity contribution in [2.24, 2.45) is 0 Å². The van der Waals surface area contributed by atoms with Crippen molar-refractivity contribution in [3.8, 4) is 0 Å². The Morgan fingerprint density at radius 2 is 1.69 bits per heavy atom. The van der Waals surface area contributed by atoms with Crippen LogP contribution in [0.15, 0.2) is 30.3 Å². The lowest BCUT2D eigenvalue weighted by Crippen LogP contribution is -2.23. The molecular weight excluding hydrogens is 166 g/mol. The van der Waals surface area contributed by atoms with Gasteiger partial charge in [-0.05, 0) is 26.0 Å². The molecule has 0 aliphatic rings. The van der Waals surface area contributed by atoms with E-state index in [1.165, 1.54) is 5.56 Å². The fourth-order valence-corrected chi connectivity index (χ4v) is 1.07. The molecule has 5 N–H and O–H groups in total. The van der Waals surface area contributed by atoms with Crippen molar-refractivity contribution in [1.82, 2.24) is 5.32 Å². The first-order valence-corrected chi connectivity index (χ1v) is 4.04. The van der Waals surface area contributed by atoms with E-state index in [-0.39, 0.29) is 11.0 Å². The maximum absolute atomic E-state index is 3.21. The summed E-state index contributed by atoms with van der Waals surface area (Å²) in [5, 5.41) is 3.21. The lowest BCUT2D eigenvalue weighted by Gasteiger charge is -2.08. The summed E-state index contributed by atoms with van der Waals surface area (Å²) in [7, 11) is 1.99. The van der Waals surface area contributed by atoms with Crippen LogP contribution in [0.1, 0.15) is 12.5 Å². The Labute approximate surface area is 79.4 Å². The van der Waals surface area contributed by atoms with Gasteiger partial charge in [-0.15, -0.1) is 0 Å². The van der Waals surface area contributed by atoms with Gasteiger partial charge in [0, 0.05) is 6.04 Å². The van der Waals surface area contributed by atoms with Gasteiger partial charge < -0.3 is 16.3 Å². The Morgan fingerprint density at radius 3 is 2.15 bits per heavy atom. The number of likely N-dealkylation sites (N-methyl/N-ethyl adjacent to an activating group) is 1. The van der Waals surface area contributed by atoms with Gasteiger partial charge in [0.1, 0.15) is 0 Å². The second-order valence-corrected chi connectivity index (χ2v) is 2.88. The first kappa shape index (κ1) is 14.6. The monoisotopic (exact) mass is 185 g/mol. The molecule has 1 rings (SSSR count). The molecule has 1 aromatic carbocycles. The molecule has 0 amide bonds. The van der Waals surface area contributed by atoms with E-state index in [0.29, 0.717) is 6.04 Å². The zero-order valence-electron chi connectivity index (χ0n) is 8.17. The van der Waals surface area contributed by atoms with Crippen molar-refractivity contribution in [1.29, 1.82) is 0 Å². The fraction of sp³-hybridized carbons (Fsp3) is 0.400. The number of benzene rings is 1. The Morgan fingerprint density at radius 1 is 1.15 bits per heavy atom. The van der Waals surface area contributed by atoms with Crippen molar-refractivity contribution in [2.75, 3.05) is 7.05 Å². The first-order chi connectivity index (χ1) is 5.33. The molecule has 0 spiro atoms. The zero-order valence-corrected chi connectivity index (χ0v) is 8.17. The molecule has 0 radical (unpaired) electrons. The van der Waals surface area contributed by atoms with E-state index in [1.54, 1.807) is 0 Å². The predicted molar refractivity (Wildman–Crippen MR) is 55.9 cm³/mol. The molecule has 0 bridgehead atoms. The summed E-state index contributed by atoms with van der Waals surface area (Å²) in [5.74, 6) is 0. The Kier molecular flexibility index (Phi) is 8.69. The van der Waals surface area contributed by atoms with Gasteiger partial charge >= 0.3 is 0 Å². The molecule has 13 heavy (non-hydrogen) atoms. The normalized spacial score (nSPS) is 10.9. The Bertz CT molecular complexity index is 201. The minimum atomic E-state index is 0. The van der Waals surface area contributed by atoms with E-state index in [4.69, 9.17) is 0 Å². The van der Waals surface area contributed by atoms with Gasteiger partial charge in [-0.1, -0.05) is 30.3 Å². The molecule has 1 atom stereocenters. The van der Waals surface area contributed by atoms with E-state index in [9.17, 15) is 0 Å². The highest BCUT2D eigenvalue weighted by molar-refractivity contribution is 5.15. The summed E-state index contributed by atoms with van der Waals surface area (Å²) < 4.78 is 0. The highest BCUT2D eigenvalue weighted by Crippen LogP contribution is 2.01. The van der Waals surface area contributed by atoms with Crippen LogP contribution < -0.4 is 5.32 Å². The maximum Gasteiger partial charge on any atom is 0.00761 e. The quantitative estimate of drug-likeness (QED) is 0.717. The summed E-state index contributed by atoms with van der Waals surface area (Å²) in [5.41, 5.74) is 1.40. The summed E-state index contributed by atoms with van der Waals surface area (Å²) >= 11 is 0. The van der Waals surface area contributed by atoms with E-state index >= 15 is 0 Å². The lowest BCUT2D eigenvalue weighted by atomic mass is 10.1. The minimum absolute atomic E-state index is 0. The maximum atomic E-state index is 3.21. The smallest absolute Gasteiger partial charge is 0.00761 e. The summed E-state index contributed by atoms with van der Waals surface area (Å²) in [6, 6.07) is 11.1. The van der Waals surface area contributed by atoms with Gasteiger partial charge in [0.2, 0.25) is 0 Å². The van der Waals surface area contributed by atoms with Crippen LogP contribution in [-0.2, 0) is 6.42 Å². The van der Waals surface area contributed by atoms with E-state index in [0.717, 1.165) is 6.42 Å². The number of nitrogens with one attached hydrogen (secondary N) is 1. The fourth-order valence-electron chi connectivity index (χ4n) is 1.07. The molecular formula is C10H19NO2. The Hall–Kier alpha value is -0.900. The summed E-state index contributed by atoms with van der Waals surface area (Å²) in [6.45, 7) is 2.19. The van der Waals surface area contributed by atoms with Gasteiger partial charge in [-0.2, -0.15) is 0 Å². The molecule has 0 fully saturated rings. The standard InChI is InChI=1S/C10H15N.2H2O/c1-9(11-2)8-10-6-4-3-5-7-10;;/h3-7,9,11H,8H2,1-2H3;2*1H2/t9-;;/m0../s1. The highest BCUT2D eigenvalue weighted by atomic mass is 16.0. The molecule has 0 aliphatic heterocycles. The van der Waals surface area contributed by atoms with E-state index < -0.39 is 0 Å². The van der Waals surface area contributed by atoms with Gasteiger partial charge in [0.15, 0.2) is 0 Å². The molecule has 76 valence electrons. The molecule has 3 nitrogen and oxygen atoms in total. The lowest BCUT2D eigenvalue weighted by molar-refractivity contribution is 0.608. The van der Waals surface area contributed by atoms with Gasteiger partial charge in [0.05, 0.1) is 0 Å². The first-order valence-electron chi connectivity index (χ1n) is 4.04. The minimum Gasteiger partial charge on any atom is -0.412 e. The van der Waals surface area contributed by atoms with Gasteiger partial charge in [-0.25, -0.2) is 0 Å². The molecule has 0 saturated carbocycles. The average molecular weight is 185 g/mol. The van der Waals surface area contributed by atoms with Crippen LogP contribution in [0.3, 0.4) is 0 Å². The van der Waals surface area contributed by atoms with E-state index in [1.807, 2.05) is 13.1 Å². The third kappa shape index (κ3) is 5.36. The zero-order chi connectivity index (χ0) is 8.10. The van der Waals surface area contributed by atoms with Crippen LogP contribution in [-0.4, -0.2) is 24.0 Å². The van der Waals surface area contributed by atoms with Crippen LogP contribution in [0.5, 0.6) is 0 Å². The number of hydrogen-bond acceptors (Lipinski definition) is 1. The highest BCUT2D eigenvalue weighted by Gasteiger charge is 1.97. The van der Waals surface area contributed by atoms with E-state index in [2.05, 4.69) is 36.5 Å².